The summed E-state index contributed by atoms with van der Waals surface area (Å²) in [5, 5.41) is 0. The average molecular weight is 196 g/mol. The van der Waals surface area contributed by atoms with Gasteiger partial charge in [0.05, 0.1) is 0 Å². The largest absolute Gasteiger partial charge is 0.0917 e. The van der Waals surface area contributed by atoms with Crippen molar-refractivity contribution >= 4 is 0 Å². The summed E-state index contributed by atoms with van der Waals surface area (Å²) < 4.78 is 0. The van der Waals surface area contributed by atoms with E-state index < -0.39 is 0 Å². The Bertz CT molecular complexity index is 120. The van der Waals surface area contributed by atoms with Gasteiger partial charge in [-0.2, -0.15) is 0 Å². The smallest absolute Gasteiger partial charge is 0.0351 e. The second-order valence-electron chi connectivity index (χ2n) is 3.38. The molecular formula is C14H28. The van der Waals surface area contributed by atoms with Gasteiger partial charge < -0.3 is 0 Å². The Morgan fingerprint density at radius 1 is 0.786 bits per heavy atom. The molecular weight excluding hydrogens is 168 g/mol. The lowest BCUT2D eigenvalue weighted by molar-refractivity contribution is 0.814. The Hall–Kier alpha value is -0.520. The SMILES string of the molecule is CC/C=C/CCC.CC=CCCCC. The van der Waals surface area contributed by atoms with E-state index in [2.05, 4.69) is 52.0 Å². The molecule has 0 saturated carbocycles. The van der Waals surface area contributed by atoms with Crippen LogP contribution in [0, 0.1) is 0 Å². The molecule has 0 bridgehead atoms. The van der Waals surface area contributed by atoms with Crippen molar-refractivity contribution in [3.05, 3.63) is 24.3 Å². The maximum absolute atomic E-state index is 2.24. The molecule has 0 N–H and O–H groups in total. The number of allylic oxidation sites excluding steroid dienone is 4. The van der Waals surface area contributed by atoms with Crippen LogP contribution in [0.5, 0.6) is 0 Å². The minimum absolute atomic E-state index is 1.18. The highest BCUT2D eigenvalue weighted by Gasteiger charge is 1.73. The van der Waals surface area contributed by atoms with Crippen LogP contribution in [-0.2, 0) is 0 Å². The highest BCUT2D eigenvalue weighted by atomic mass is 13.8. The zero-order valence-electron chi connectivity index (χ0n) is 10.6. The van der Waals surface area contributed by atoms with Crippen molar-refractivity contribution in [2.75, 3.05) is 0 Å². The molecule has 0 fully saturated rings. The van der Waals surface area contributed by atoms with Gasteiger partial charge in [0.2, 0.25) is 0 Å². The van der Waals surface area contributed by atoms with Crippen molar-refractivity contribution in [3.63, 3.8) is 0 Å². The van der Waals surface area contributed by atoms with E-state index in [1.54, 1.807) is 0 Å². The van der Waals surface area contributed by atoms with Gasteiger partial charge in [-0.3, -0.25) is 0 Å². The summed E-state index contributed by atoms with van der Waals surface area (Å²) in [6.45, 7) is 8.63. The van der Waals surface area contributed by atoms with Crippen molar-refractivity contribution in [2.24, 2.45) is 0 Å². The van der Waals surface area contributed by atoms with Crippen LogP contribution in [0.2, 0.25) is 0 Å². The van der Waals surface area contributed by atoms with Crippen LogP contribution in [0.4, 0.5) is 0 Å². The fourth-order valence-corrected chi connectivity index (χ4v) is 0.940. The molecule has 0 rings (SSSR count). The summed E-state index contributed by atoms with van der Waals surface area (Å²) >= 11 is 0. The third-order valence-corrected chi connectivity index (χ3v) is 1.82. The fraction of sp³-hybridized carbons (Fsp3) is 0.714. The first-order valence-electron chi connectivity index (χ1n) is 6.09. The van der Waals surface area contributed by atoms with E-state index in [1.807, 2.05) is 0 Å². The van der Waals surface area contributed by atoms with Crippen LogP contribution in [0.3, 0.4) is 0 Å². The van der Waals surface area contributed by atoms with Crippen LogP contribution < -0.4 is 0 Å². The third-order valence-electron chi connectivity index (χ3n) is 1.82. The molecule has 0 unspecified atom stereocenters. The van der Waals surface area contributed by atoms with Gasteiger partial charge in [-0.25, -0.2) is 0 Å². The molecule has 84 valence electrons. The minimum atomic E-state index is 1.18. The predicted octanol–water partition coefficient (Wildman–Crippen LogP) is 5.51. The quantitative estimate of drug-likeness (QED) is 0.388. The van der Waals surface area contributed by atoms with Crippen LogP contribution in [-0.4, -0.2) is 0 Å². The molecule has 0 amide bonds. The van der Waals surface area contributed by atoms with Crippen molar-refractivity contribution in [1.82, 2.24) is 0 Å². The van der Waals surface area contributed by atoms with Crippen molar-refractivity contribution in [3.8, 4) is 0 Å². The lowest BCUT2D eigenvalue weighted by Crippen LogP contribution is -1.63. The second-order valence-corrected chi connectivity index (χ2v) is 3.38. The Balaban J connectivity index is 0. The first kappa shape index (κ1) is 15.9. The molecule has 0 radical (unpaired) electrons. The summed E-state index contributed by atoms with van der Waals surface area (Å²) in [5.41, 5.74) is 0. The zero-order valence-corrected chi connectivity index (χ0v) is 10.6. The topological polar surface area (TPSA) is 0 Å². The summed E-state index contributed by atoms with van der Waals surface area (Å²) in [7, 11) is 0. The number of hydrogen-bond acceptors (Lipinski definition) is 0. The zero-order chi connectivity index (χ0) is 11.1. The maximum Gasteiger partial charge on any atom is -0.0351 e. The van der Waals surface area contributed by atoms with Crippen molar-refractivity contribution in [2.45, 2.75) is 66.2 Å². The highest BCUT2D eigenvalue weighted by Crippen LogP contribution is 1.93. The van der Waals surface area contributed by atoms with E-state index in [9.17, 15) is 0 Å². The van der Waals surface area contributed by atoms with Gasteiger partial charge >= 0.3 is 0 Å². The Morgan fingerprint density at radius 3 is 1.93 bits per heavy atom. The lowest BCUT2D eigenvalue weighted by atomic mass is 10.2. The van der Waals surface area contributed by atoms with E-state index in [4.69, 9.17) is 0 Å². The molecule has 0 aromatic rings. The standard InChI is InChI=1S/2C7H14/c2*1-3-5-7-6-4-2/h5,7H,3-4,6H2,1-2H3;3,5H,4,6-7H2,1-2H3/b7-5+;. The van der Waals surface area contributed by atoms with Crippen LogP contribution >= 0.6 is 0 Å². The molecule has 0 aromatic heterocycles. The normalized spacial score (nSPS) is 10.6. The van der Waals surface area contributed by atoms with Gasteiger partial charge in [0.1, 0.15) is 0 Å². The molecule has 0 atom stereocenters. The van der Waals surface area contributed by atoms with E-state index in [-0.39, 0.29) is 0 Å². The van der Waals surface area contributed by atoms with Crippen molar-refractivity contribution < 1.29 is 0 Å². The van der Waals surface area contributed by atoms with Gasteiger partial charge in [-0.15, -0.1) is 0 Å². The van der Waals surface area contributed by atoms with Gasteiger partial charge in [-0.1, -0.05) is 64.3 Å². The molecule has 0 saturated heterocycles. The molecule has 0 nitrogen and oxygen atoms in total. The number of rotatable bonds is 6. The average Bonchev–Trinajstić information content (AvgIpc) is 2.21. The maximum atomic E-state index is 2.24. The van der Waals surface area contributed by atoms with Gasteiger partial charge in [0.15, 0.2) is 0 Å². The minimum Gasteiger partial charge on any atom is -0.0917 e. The molecule has 0 aromatic carbocycles. The molecule has 0 spiro atoms. The monoisotopic (exact) mass is 196 g/mol. The molecule has 0 aliphatic carbocycles. The molecule has 0 aliphatic rings. The van der Waals surface area contributed by atoms with Crippen LogP contribution in [0.1, 0.15) is 66.2 Å². The molecule has 14 heavy (non-hydrogen) atoms. The van der Waals surface area contributed by atoms with Gasteiger partial charge in [0, 0.05) is 0 Å². The first-order chi connectivity index (χ1) is 6.83. The summed E-state index contributed by atoms with van der Waals surface area (Å²) in [5.74, 6) is 0. The van der Waals surface area contributed by atoms with Crippen LogP contribution in [0.15, 0.2) is 24.3 Å². The fourth-order valence-electron chi connectivity index (χ4n) is 0.940. The number of unbranched alkanes of at least 4 members (excludes halogenated alkanes) is 3. The summed E-state index contributed by atoms with van der Waals surface area (Å²) in [6, 6.07) is 0. The van der Waals surface area contributed by atoms with Gasteiger partial charge in [-0.05, 0) is 26.2 Å². The van der Waals surface area contributed by atoms with Crippen molar-refractivity contribution in [1.29, 1.82) is 0 Å². The van der Waals surface area contributed by atoms with Gasteiger partial charge in [0.25, 0.3) is 0 Å². The lowest BCUT2D eigenvalue weighted by Gasteiger charge is -1.83. The summed E-state index contributed by atoms with van der Waals surface area (Å²) in [4.78, 5) is 0. The molecule has 0 heterocycles. The van der Waals surface area contributed by atoms with E-state index in [1.165, 1.54) is 38.5 Å². The predicted molar refractivity (Wildman–Crippen MR) is 68.7 cm³/mol. The third kappa shape index (κ3) is 22.5. The number of hydrogen-bond donors (Lipinski definition) is 0. The Labute approximate surface area is 91.1 Å². The Kier molecular flexibility index (Phi) is 20.8. The molecule has 0 aliphatic heterocycles. The molecule has 0 heteroatoms. The first-order valence-corrected chi connectivity index (χ1v) is 6.09. The highest BCUT2D eigenvalue weighted by molar-refractivity contribution is 4.78. The second kappa shape index (κ2) is 18.3. The van der Waals surface area contributed by atoms with E-state index >= 15 is 0 Å². The van der Waals surface area contributed by atoms with E-state index in [0.29, 0.717) is 0 Å². The van der Waals surface area contributed by atoms with Crippen LogP contribution in [0.25, 0.3) is 0 Å². The summed E-state index contributed by atoms with van der Waals surface area (Å²) in [6.07, 6.45) is 16.4. The Morgan fingerprint density at radius 2 is 1.50 bits per heavy atom. The van der Waals surface area contributed by atoms with E-state index in [0.717, 1.165) is 0 Å².